The molecular weight excluding hydrogens is 491 g/mol. The zero-order valence-corrected chi connectivity index (χ0v) is 23.1. The van der Waals surface area contributed by atoms with Gasteiger partial charge in [0.05, 0.1) is 17.4 Å². The van der Waals surface area contributed by atoms with Crippen molar-refractivity contribution in [3.05, 3.63) is 65.7 Å². The summed E-state index contributed by atoms with van der Waals surface area (Å²) < 4.78 is 13.5. The van der Waals surface area contributed by atoms with Gasteiger partial charge in [-0.05, 0) is 88.3 Å². The molecule has 0 spiro atoms. The SMILES string of the molecule is CC(C)N1CCC(=Cc2ccc(-c3cnc(N(C)c4ccc(F)cc4)nc3NC3CCC(O)CC3)nc2)CC1. The Hall–Kier alpha value is -3.36. The fraction of sp³-hybridized carbons (Fsp3) is 0.452. The molecule has 3 aromatic rings. The van der Waals surface area contributed by atoms with Crippen LogP contribution in [0.25, 0.3) is 17.3 Å². The Morgan fingerprint density at radius 3 is 2.36 bits per heavy atom. The van der Waals surface area contributed by atoms with E-state index in [0.717, 1.165) is 79.9 Å². The molecule has 2 aliphatic rings. The van der Waals surface area contributed by atoms with Gasteiger partial charge in [-0.15, -0.1) is 0 Å². The molecule has 3 heterocycles. The van der Waals surface area contributed by atoms with Crippen LogP contribution in [0.2, 0.25) is 0 Å². The van der Waals surface area contributed by atoms with Crippen molar-refractivity contribution in [2.24, 2.45) is 0 Å². The largest absolute Gasteiger partial charge is 0.393 e. The number of rotatable bonds is 7. The lowest BCUT2D eigenvalue weighted by atomic mass is 9.93. The third-order valence-electron chi connectivity index (χ3n) is 7.93. The quantitative estimate of drug-likeness (QED) is 0.385. The van der Waals surface area contributed by atoms with Crippen LogP contribution in [-0.2, 0) is 0 Å². The lowest BCUT2D eigenvalue weighted by Crippen LogP contribution is -2.36. The van der Waals surface area contributed by atoms with Crippen molar-refractivity contribution in [2.75, 3.05) is 30.4 Å². The first kappa shape index (κ1) is 27.2. The number of hydrogen-bond donors (Lipinski definition) is 2. The van der Waals surface area contributed by atoms with Gasteiger partial charge in [0.15, 0.2) is 0 Å². The average Bonchev–Trinajstić information content (AvgIpc) is 2.95. The third-order valence-corrected chi connectivity index (χ3v) is 7.93. The van der Waals surface area contributed by atoms with Crippen molar-refractivity contribution in [1.82, 2.24) is 19.9 Å². The first-order chi connectivity index (χ1) is 18.9. The summed E-state index contributed by atoms with van der Waals surface area (Å²) in [5.41, 5.74) is 5.02. The topological polar surface area (TPSA) is 77.4 Å². The fourth-order valence-corrected chi connectivity index (χ4v) is 5.38. The van der Waals surface area contributed by atoms with Crippen molar-refractivity contribution in [2.45, 2.75) is 70.6 Å². The lowest BCUT2D eigenvalue weighted by Gasteiger charge is -2.31. The van der Waals surface area contributed by atoms with Gasteiger partial charge in [-0.1, -0.05) is 17.7 Å². The normalized spacial score (nSPS) is 20.2. The molecule has 0 radical (unpaired) electrons. The Morgan fingerprint density at radius 1 is 1.00 bits per heavy atom. The van der Waals surface area contributed by atoms with Gasteiger partial charge in [0, 0.05) is 50.3 Å². The molecule has 0 atom stereocenters. The molecule has 39 heavy (non-hydrogen) atoms. The molecule has 5 rings (SSSR count). The minimum atomic E-state index is -0.281. The Labute approximate surface area is 230 Å². The van der Waals surface area contributed by atoms with E-state index >= 15 is 0 Å². The van der Waals surface area contributed by atoms with Gasteiger partial charge in [0.1, 0.15) is 11.6 Å². The van der Waals surface area contributed by atoms with E-state index in [-0.39, 0.29) is 18.0 Å². The van der Waals surface area contributed by atoms with Crippen molar-refractivity contribution in [1.29, 1.82) is 0 Å². The second-order valence-electron chi connectivity index (χ2n) is 11.0. The van der Waals surface area contributed by atoms with Gasteiger partial charge in [-0.25, -0.2) is 9.37 Å². The van der Waals surface area contributed by atoms with E-state index in [1.807, 2.05) is 30.4 Å². The van der Waals surface area contributed by atoms with Crippen LogP contribution in [-0.4, -0.2) is 63.3 Å². The summed E-state index contributed by atoms with van der Waals surface area (Å²) >= 11 is 0. The maximum Gasteiger partial charge on any atom is 0.231 e. The van der Waals surface area contributed by atoms with Crippen LogP contribution in [0.3, 0.4) is 0 Å². The zero-order chi connectivity index (χ0) is 27.4. The minimum Gasteiger partial charge on any atom is -0.393 e. The average molecular weight is 531 g/mol. The summed E-state index contributed by atoms with van der Waals surface area (Å²) in [5.74, 6) is 0.948. The summed E-state index contributed by atoms with van der Waals surface area (Å²) in [6, 6.07) is 11.2. The van der Waals surface area contributed by atoms with Crippen LogP contribution in [0, 0.1) is 5.82 Å². The van der Waals surface area contributed by atoms with E-state index in [1.54, 1.807) is 12.1 Å². The van der Waals surface area contributed by atoms with Gasteiger partial charge in [0.25, 0.3) is 0 Å². The maximum absolute atomic E-state index is 13.5. The van der Waals surface area contributed by atoms with Crippen LogP contribution in [0.4, 0.5) is 21.8 Å². The Bertz CT molecular complexity index is 1260. The predicted molar refractivity (Wildman–Crippen MR) is 156 cm³/mol. The molecule has 0 unspecified atom stereocenters. The number of anilines is 3. The van der Waals surface area contributed by atoms with Crippen LogP contribution < -0.4 is 10.2 Å². The molecule has 2 fully saturated rings. The highest BCUT2D eigenvalue weighted by molar-refractivity contribution is 5.74. The molecular formula is C31H39FN6O. The number of nitrogens with zero attached hydrogens (tertiary/aromatic N) is 5. The highest BCUT2D eigenvalue weighted by Gasteiger charge is 2.22. The predicted octanol–water partition coefficient (Wildman–Crippen LogP) is 6.05. The van der Waals surface area contributed by atoms with E-state index in [0.29, 0.717) is 12.0 Å². The van der Waals surface area contributed by atoms with E-state index in [9.17, 15) is 9.50 Å². The van der Waals surface area contributed by atoms with E-state index in [4.69, 9.17) is 9.97 Å². The number of hydrogen-bond acceptors (Lipinski definition) is 7. The monoisotopic (exact) mass is 530 g/mol. The van der Waals surface area contributed by atoms with E-state index < -0.39 is 0 Å². The highest BCUT2D eigenvalue weighted by Crippen LogP contribution is 2.31. The first-order valence-corrected chi connectivity index (χ1v) is 14.1. The Kier molecular flexibility index (Phi) is 8.53. The number of aromatic nitrogens is 3. The number of halogens is 1. The van der Waals surface area contributed by atoms with Crippen molar-refractivity contribution >= 4 is 23.5 Å². The van der Waals surface area contributed by atoms with E-state index in [1.165, 1.54) is 17.7 Å². The Balaban J connectivity index is 1.38. The van der Waals surface area contributed by atoms with Gasteiger partial charge >= 0.3 is 0 Å². The van der Waals surface area contributed by atoms with Crippen LogP contribution in [0.1, 0.15) is 57.9 Å². The van der Waals surface area contributed by atoms with Gasteiger partial charge in [-0.3, -0.25) is 4.98 Å². The van der Waals surface area contributed by atoms with Crippen LogP contribution in [0.5, 0.6) is 0 Å². The van der Waals surface area contributed by atoms with Crippen molar-refractivity contribution in [3.63, 3.8) is 0 Å². The molecule has 1 aliphatic heterocycles. The molecule has 2 N–H and O–H groups in total. The summed E-state index contributed by atoms with van der Waals surface area (Å²) in [6.45, 7) is 6.74. The summed E-state index contributed by atoms with van der Waals surface area (Å²) in [5, 5.41) is 13.6. The summed E-state index contributed by atoms with van der Waals surface area (Å²) in [7, 11) is 1.87. The molecule has 1 aliphatic carbocycles. The maximum atomic E-state index is 13.5. The molecule has 2 aromatic heterocycles. The zero-order valence-electron chi connectivity index (χ0n) is 23.1. The van der Waals surface area contributed by atoms with Gasteiger partial charge < -0.3 is 20.2 Å². The molecule has 1 aromatic carbocycles. The number of aliphatic hydroxyl groups excluding tert-OH is 1. The van der Waals surface area contributed by atoms with Crippen LogP contribution >= 0.6 is 0 Å². The smallest absolute Gasteiger partial charge is 0.231 e. The highest BCUT2D eigenvalue weighted by atomic mass is 19.1. The first-order valence-electron chi connectivity index (χ1n) is 14.1. The number of pyridine rings is 1. The third kappa shape index (κ3) is 6.81. The molecule has 0 amide bonds. The van der Waals surface area contributed by atoms with Gasteiger partial charge in [0.2, 0.25) is 5.95 Å². The number of nitrogens with one attached hydrogen (secondary N) is 1. The lowest BCUT2D eigenvalue weighted by molar-refractivity contribution is 0.126. The summed E-state index contributed by atoms with van der Waals surface area (Å²) in [4.78, 5) is 18.7. The molecule has 0 bridgehead atoms. The molecule has 1 saturated carbocycles. The number of likely N-dealkylation sites (tertiary alicyclic amines) is 1. The second-order valence-corrected chi connectivity index (χ2v) is 11.0. The molecule has 1 saturated heterocycles. The van der Waals surface area contributed by atoms with Gasteiger partial charge in [-0.2, -0.15) is 4.98 Å². The second kappa shape index (κ2) is 12.2. The number of piperidine rings is 1. The van der Waals surface area contributed by atoms with Crippen molar-refractivity contribution in [3.8, 4) is 11.3 Å². The standard InChI is InChI=1S/C31H39FN6O/c1-21(2)38-16-14-22(15-17-38)18-23-4-13-29(33-19-23)28-20-34-31(37(3)26-9-5-24(32)6-10-26)36-30(28)35-25-7-11-27(39)12-8-25/h4-6,9-10,13,18-21,25,27,39H,7-8,11-12,14-17H2,1-3H3,(H,34,35,36). The fourth-order valence-electron chi connectivity index (χ4n) is 5.38. The molecule has 206 valence electrons. The van der Waals surface area contributed by atoms with Crippen molar-refractivity contribution < 1.29 is 9.50 Å². The number of aliphatic hydroxyl groups is 1. The Morgan fingerprint density at radius 2 is 1.72 bits per heavy atom. The van der Waals surface area contributed by atoms with Crippen LogP contribution in [0.15, 0.2) is 54.4 Å². The van der Waals surface area contributed by atoms with E-state index in [2.05, 4.69) is 41.2 Å². The molecule has 8 heteroatoms. The molecule has 7 nitrogen and oxygen atoms in total. The number of benzene rings is 1. The summed E-state index contributed by atoms with van der Waals surface area (Å²) in [6.07, 6.45) is 11.3. The minimum absolute atomic E-state index is 0.215.